The highest BCUT2D eigenvalue weighted by Crippen LogP contribution is 2.34. The number of nitrogens with two attached hydrogens (primary N) is 1. The van der Waals surface area contributed by atoms with Crippen molar-refractivity contribution in [3.8, 4) is 5.75 Å². The molecule has 0 saturated carbocycles. The second-order valence-corrected chi connectivity index (χ2v) is 5.81. The molecule has 4 nitrogen and oxygen atoms in total. The maximum absolute atomic E-state index is 11.9. The van der Waals surface area contributed by atoms with E-state index in [1.54, 1.807) is 20.1 Å². The molecule has 0 aromatic heterocycles. The van der Waals surface area contributed by atoms with Crippen LogP contribution in [0.5, 0.6) is 5.75 Å². The molecular weight excluding hydrogens is 364 g/mol. The van der Waals surface area contributed by atoms with Crippen LogP contribution < -0.4 is 15.8 Å². The topological polar surface area (TPSA) is 64.3 Å². The van der Waals surface area contributed by atoms with Gasteiger partial charge in [-0.3, -0.25) is 4.79 Å². The molecule has 1 aromatic carbocycles. The van der Waals surface area contributed by atoms with Crippen LogP contribution in [0.15, 0.2) is 21.1 Å². The average molecular weight is 380 g/mol. The van der Waals surface area contributed by atoms with Crippen LogP contribution in [-0.2, 0) is 4.79 Å². The molecule has 0 aliphatic carbocycles. The summed E-state index contributed by atoms with van der Waals surface area (Å²) in [5.74, 6) is 0.281. The van der Waals surface area contributed by atoms with Crippen molar-refractivity contribution in [2.24, 2.45) is 11.7 Å². The Morgan fingerprint density at radius 3 is 2.44 bits per heavy atom. The molecule has 0 aliphatic rings. The van der Waals surface area contributed by atoms with Gasteiger partial charge in [0, 0.05) is 16.6 Å². The Morgan fingerprint density at radius 1 is 1.33 bits per heavy atom. The van der Waals surface area contributed by atoms with Gasteiger partial charge in [0.1, 0.15) is 5.75 Å². The van der Waals surface area contributed by atoms with Crippen LogP contribution >= 0.6 is 31.9 Å². The van der Waals surface area contributed by atoms with E-state index in [0.717, 1.165) is 8.95 Å². The normalized spacial score (nSPS) is 13.9. The van der Waals surface area contributed by atoms with Crippen molar-refractivity contribution in [2.75, 3.05) is 12.4 Å². The zero-order chi connectivity index (χ0) is 13.9. The average Bonchev–Trinajstić information content (AvgIpc) is 2.31. The zero-order valence-corrected chi connectivity index (χ0v) is 13.6. The second kappa shape index (κ2) is 6.54. The Bertz CT molecular complexity index is 450. The summed E-state index contributed by atoms with van der Waals surface area (Å²) >= 11 is 6.77. The maximum Gasteiger partial charge on any atom is 0.228 e. The Labute approximate surface area is 124 Å². The van der Waals surface area contributed by atoms with Crippen molar-refractivity contribution in [3.05, 3.63) is 21.1 Å². The van der Waals surface area contributed by atoms with E-state index >= 15 is 0 Å². The van der Waals surface area contributed by atoms with E-state index in [1.165, 1.54) is 0 Å². The van der Waals surface area contributed by atoms with Crippen LogP contribution in [-0.4, -0.2) is 19.1 Å². The van der Waals surface area contributed by atoms with E-state index < -0.39 is 0 Å². The molecule has 100 valence electrons. The number of hydrogen-bond donors (Lipinski definition) is 2. The molecule has 2 unspecified atom stereocenters. The van der Waals surface area contributed by atoms with Crippen LogP contribution in [0.25, 0.3) is 0 Å². The van der Waals surface area contributed by atoms with E-state index in [4.69, 9.17) is 10.5 Å². The lowest BCUT2D eigenvalue weighted by Gasteiger charge is -2.17. The van der Waals surface area contributed by atoms with Gasteiger partial charge in [0.15, 0.2) is 0 Å². The fraction of sp³-hybridized carbons (Fsp3) is 0.417. The van der Waals surface area contributed by atoms with Crippen molar-refractivity contribution >= 4 is 43.5 Å². The predicted octanol–water partition coefficient (Wildman–Crippen LogP) is 3.14. The Morgan fingerprint density at radius 2 is 1.94 bits per heavy atom. The highest BCUT2D eigenvalue weighted by Gasteiger charge is 2.18. The summed E-state index contributed by atoms with van der Waals surface area (Å²) in [6.45, 7) is 3.60. The standard InChI is InChI=1S/C12H16Br2N2O2/c1-6(7(2)15)12(17)16-10-5-11(18-3)9(14)4-8(10)13/h4-7H,15H2,1-3H3,(H,16,17). The summed E-state index contributed by atoms with van der Waals surface area (Å²) in [6.07, 6.45) is 0. The molecule has 0 aliphatic heterocycles. The van der Waals surface area contributed by atoms with Gasteiger partial charge in [0.05, 0.1) is 23.2 Å². The minimum atomic E-state index is -0.258. The number of ether oxygens (including phenoxy) is 1. The summed E-state index contributed by atoms with van der Waals surface area (Å²) in [7, 11) is 1.57. The maximum atomic E-state index is 11.9. The Balaban J connectivity index is 2.94. The van der Waals surface area contributed by atoms with Gasteiger partial charge in [-0.05, 0) is 44.8 Å². The number of benzene rings is 1. The van der Waals surface area contributed by atoms with Gasteiger partial charge in [0.2, 0.25) is 5.91 Å². The molecule has 0 radical (unpaired) electrons. The summed E-state index contributed by atoms with van der Waals surface area (Å²) in [5, 5.41) is 2.83. The van der Waals surface area contributed by atoms with E-state index in [-0.39, 0.29) is 17.9 Å². The third-order valence-corrected chi connectivity index (χ3v) is 3.98. The lowest BCUT2D eigenvalue weighted by Crippen LogP contribution is -2.34. The first-order valence-electron chi connectivity index (χ1n) is 5.46. The Kier molecular flexibility index (Phi) is 5.62. The molecule has 0 bridgehead atoms. The fourth-order valence-electron chi connectivity index (χ4n) is 1.27. The number of halogens is 2. The van der Waals surface area contributed by atoms with Gasteiger partial charge in [-0.25, -0.2) is 0 Å². The molecule has 1 rings (SSSR count). The van der Waals surface area contributed by atoms with Gasteiger partial charge in [-0.15, -0.1) is 0 Å². The monoisotopic (exact) mass is 378 g/mol. The highest BCUT2D eigenvalue weighted by atomic mass is 79.9. The quantitative estimate of drug-likeness (QED) is 0.844. The van der Waals surface area contributed by atoms with Gasteiger partial charge in [0.25, 0.3) is 0 Å². The van der Waals surface area contributed by atoms with Gasteiger partial charge in [-0.1, -0.05) is 6.92 Å². The molecule has 1 amide bonds. The van der Waals surface area contributed by atoms with Crippen LogP contribution in [0.2, 0.25) is 0 Å². The molecule has 0 saturated heterocycles. The van der Waals surface area contributed by atoms with Gasteiger partial charge in [-0.2, -0.15) is 0 Å². The van der Waals surface area contributed by atoms with E-state index in [9.17, 15) is 4.79 Å². The van der Waals surface area contributed by atoms with Gasteiger partial charge < -0.3 is 15.8 Å². The molecular formula is C12H16Br2N2O2. The molecule has 0 fully saturated rings. The molecule has 3 N–H and O–H groups in total. The molecule has 2 atom stereocenters. The Hall–Kier alpha value is -0.590. The predicted molar refractivity (Wildman–Crippen MR) is 79.8 cm³/mol. The van der Waals surface area contributed by atoms with Crippen LogP contribution in [0, 0.1) is 5.92 Å². The summed E-state index contributed by atoms with van der Waals surface area (Å²) in [6, 6.07) is 3.38. The lowest BCUT2D eigenvalue weighted by molar-refractivity contribution is -0.119. The smallest absolute Gasteiger partial charge is 0.228 e. The highest BCUT2D eigenvalue weighted by molar-refractivity contribution is 9.11. The first-order chi connectivity index (χ1) is 8.36. The van der Waals surface area contributed by atoms with Crippen LogP contribution in [0.3, 0.4) is 0 Å². The van der Waals surface area contributed by atoms with E-state index in [0.29, 0.717) is 11.4 Å². The number of carbonyl (C=O) groups is 1. The largest absolute Gasteiger partial charge is 0.495 e. The van der Waals surface area contributed by atoms with Crippen LogP contribution in [0.4, 0.5) is 5.69 Å². The van der Waals surface area contributed by atoms with Gasteiger partial charge >= 0.3 is 0 Å². The molecule has 0 spiro atoms. The minimum Gasteiger partial charge on any atom is -0.495 e. The SMILES string of the molecule is COc1cc(NC(=O)C(C)C(C)N)c(Br)cc1Br. The number of amides is 1. The van der Waals surface area contributed by atoms with E-state index in [1.807, 2.05) is 13.0 Å². The first-order valence-corrected chi connectivity index (χ1v) is 7.05. The van der Waals surface area contributed by atoms with Crippen molar-refractivity contribution < 1.29 is 9.53 Å². The number of rotatable bonds is 4. The molecule has 1 aromatic rings. The summed E-state index contributed by atoms with van der Waals surface area (Å²) < 4.78 is 6.78. The summed E-state index contributed by atoms with van der Waals surface area (Å²) in [4.78, 5) is 11.9. The molecule has 6 heteroatoms. The van der Waals surface area contributed by atoms with Crippen molar-refractivity contribution in [2.45, 2.75) is 19.9 Å². The molecule has 0 heterocycles. The number of nitrogens with one attached hydrogen (secondary N) is 1. The van der Waals surface area contributed by atoms with Crippen LogP contribution in [0.1, 0.15) is 13.8 Å². The van der Waals surface area contributed by atoms with Crippen molar-refractivity contribution in [3.63, 3.8) is 0 Å². The third-order valence-electron chi connectivity index (χ3n) is 2.70. The van der Waals surface area contributed by atoms with Crippen molar-refractivity contribution in [1.29, 1.82) is 0 Å². The second-order valence-electron chi connectivity index (χ2n) is 4.10. The first kappa shape index (κ1) is 15.5. The lowest BCUT2D eigenvalue weighted by atomic mass is 10.0. The fourth-order valence-corrected chi connectivity index (χ4v) is 2.52. The zero-order valence-electron chi connectivity index (χ0n) is 10.5. The number of methoxy groups -OCH3 is 1. The van der Waals surface area contributed by atoms with Crippen molar-refractivity contribution in [1.82, 2.24) is 0 Å². The number of carbonyl (C=O) groups excluding carboxylic acids is 1. The number of anilines is 1. The summed E-state index contributed by atoms with van der Waals surface area (Å²) in [5.41, 5.74) is 6.36. The third kappa shape index (κ3) is 3.70. The molecule has 18 heavy (non-hydrogen) atoms. The minimum absolute atomic E-state index is 0.116. The van der Waals surface area contributed by atoms with E-state index in [2.05, 4.69) is 37.2 Å². The number of hydrogen-bond acceptors (Lipinski definition) is 3.